The molecule has 4 heteroatoms. The van der Waals surface area contributed by atoms with E-state index in [0.717, 1.165) is 23.0 Å². The lowest BCUT2D eigenvalue weighted by Gasteiger charge is -2.16. The van der Waals surface area contributed by atoms with E-state index in [1.165, 1.54) is 0 Å². The van der Waals surface area contributed by atoms with Crippen LogP contribution in [-0.2, 0) is 0 Å². The first-order chi connectivity index (χ1) is 11.8. The van der Waals surface area contributed by atoms with Crippen LogP contribution in [0.1, 0.15) is 6.92 Å². The Morgan fingerprint density at radius 2 is 1.46 bits per heavy atom. The number of pyridine rings is 1. The fourth-order valence-electron chi connectivity index (χ4n) is 2.12. The van der Waals surface area contributed by atoms with E-state index in [9.17, 15) is 0 Å². The number of hydrogen-bond donors (Lipinski definition) is 0. The first-order valence-corrected chi connectivity index (χ1v) is 7.82. The highest BCUT2D eigenvalue weighted by Gasteiger charge is 2.06. The third-order valence-electron chi connectivity index (χ3n) is 3.26. The van der Waals surface area contributed by atoms with Gasteiger partial charge in [0.1, 0.15) is 35.7 Å². The highest BCUT2D eigenvalue weighted by atomic mass is 16.5. The molecular formula is C20H19NO3. The lowest BCUT2D eigenvalue weighted by atomic mass is 10.3. The van der Waals surface area contributed by atoms with Crippen LogP contribution in [0.2, 0.25) is 0 Å². The minimum absolute atomic E-state index is 0.0777. The summed E-state index contributed by atoms with van der Waals surface area (Å²) in [6.07, 6.45) is 3.32. The standard InChI is InChI=1S/C20H19NO3/c1-16(15-22-20-8-5-13-21-14-20)23-18-9-11-19(12-10-18)24-17-6-3-2-4-7-17/h2-14,16H,15H2,1H3. The van der Waals surface area contributed by atoms with Gasteiger partial charge in [-0.1, -0.05) is 18.2 Å². The van der Waals surface area contributed by atoms with Gasteiger partial charge in [0.2, 0.25) is 0 Å². The molecule has 0 N–H and O–H groups in total. The van der Waals surface area contributed by atoms with Gasteiger partial charge >= 0.3 is 0 Å². The summed E-state index contributed by atoms with van der Waals surface area (Å²) in [5.41, 5.74) is 0. The van der Waals surface area contributed by atoms with E-state index in [4.69, 9.17) is 14.2 Å². The van der Waals surface area contributed by atoms with E-state index >= 15 is 0 Å². The van der Waals surface area contributed by atoms with Crippen LogP contribution >= 0.6 is 0 Å². The molecule has 0 saturated heterocycles. The second-order valence-corrected chi connectivity index (χ2v) is 5.31. The van der Waals surface area contributed by atoms with Crippen molar-refractivity contribution in [2.45, 2.75) is 13.0 Å². The van der Waals surface area contributed by atoms with E-state index < -0.39 is 0 Å². The third kappa shape index (κ3) is 4.74. The van der Waals surface area contributed by atoms with Crippen molar-refractivity contribution in [3.8, 4) is 23.0 Å². The van der Waals surface area contributed by atoms with E-state index in [-0.39, 0.29) is 6.10 Å². The molecule has 1 unspecified atom stereocenters. The Bertz CT molecular complexity index is 730. The average Bonchev–Trinajstić information content (AvgIpc) is 2.63. The summed E-state index contributed by atoms with van der Waals surface area (Å²) in [5.74, 6) is 3.09. The van der Waals surface area contributed by atoms with Crippen molar-refractivity contribution in [3.63, 3.8) is 0 Å². The van der Waals surface area contributed by atoms with E-state index in [0.29, 0.717) is 6.61 Å². The minimum atomic E-state index is -0.0777. The van der Waals surface area contributed by atoms with Gasteiger partial charge in [0.05, 0.1) is 6.20 Å². The normalized spacial score (nSPS) is 11.5. The van der Waals surface area contributed by atoms with E-state index in [1.807, 2.05) is 73.7 Å². The van der Waals surface area contributed by atoms with Crippen LogP contribution in [0, 0.1) is 0 Å². The van der Waals surface area contributed by atoms with Crippen LogP contribution in [-0.4, -0.2) is 17.7 Å². The molecule has 3 rings (SSSR count). The molecule has 0 saturated carbocycles. The van der Waals surface area contributed by atoms with Gasteiger partial charge in [0.25, 0.3) is 0 Å². The Morgan fingerprint density at radius 1 is 0.792 bits per heavy atom. The molecule has 2 aromatic carbocycles. The first kappa shape index (κ1) is 15.9. The predicted octanol–water partition coefficient (Wildman–Crippen LogP) is 4.72. The fraction of sp³-hybridized carbons (Fsp3) is 0.150. The van der Waals surface area contributed by atoms with Gasteiger partial charge in [0, 0.05) is 6.20 Å². The lowest BCUT2D eigenvalue weighted by Crippen LogP contribution is -2.21. The van der Waals surface area contributed by atoms with Gasteiger partial charge in [-0.25, -0.2) is 0 Å². The van der Waals surface area contributed by atoms with E-state index in [1.54, 1.807) is 12.4 Å². The van der Waals surface area contributed by atoms with Gasteiger partial charge in [-0.3, -0.25) is 4.98 Å². The molecule has 0 aliphatic heterocycles. The molecule has 4 nitrogen and oxygen atoms in total. The quantitative estimate of drug-likeness (QED) is 0.631. The molecule has 122 valence electrons. The topological polar surface area (TPSA) is 40.6 Å². The maximum absolute atomic E-state index is 5.84. The molecule has 0 spiro atoms. The zero-order chi connectivity index (χ0) is 16.6. The number of rotatable bonds is 7. The molecule has 0 aliphatic rings. The highest BCUT2D eigenvalue weighted by molar-refractivity contribution is 5.35. The third-order valence-corrected chi connectivity index (χ3v) is 3.26. The summed E-state index contributed by atoms with van der Waals surface area (Å²) in [5, 5.41) is 0. The molecule has 24 heavy (non-hydrogen) atoms. The van der Waals surface area contributed by atoms with Crippen LogP contribution in [0.4, 0.5) is 0 Å². The predicted molar refractivity (Wildman–Crippen MR) is 92.8 cm³/mol. The average molecular weight is 321 g/mol. The zero-order valence-corrected chi connectivity index (χ0v) is 13.5. The van der Waals surface area contributed by atoms with Crippen molar-refractivity contribution >= 4 is 0 Å². The van der Waals surface area contributed by atoms with Crippen LogP contribution in [0.5, 0.6) is 23.0 Å². The molecule has 1 atom stereocenters. The molecule has 0 fully saturated rings. The molecule has 0 amide bonds. The Hall–Kier alpha value is -3.01. The molecule has 3 aromatic rings. The van der Waals surface area contributed by atoms with Crippen molar-refractivity contribution in [2.75, 3.05) is 6.61 Å². The molecular weight excluding hydrogens is 302 g/mol. The largest absolute Gasteiger partial charge is 0.488 e. The second-order valence-electron chi connectivity index (χ2n) is 5.31. The molecule has 1 aromatic heterocycles. The van der Waals surface area contributed by atoms with Gasteiger partial charge in [-0.05, 0) is 55.5 Å². The van der Waals surface area contributed by atoms with Crippen molar-refractivity contribution in [1.29, 1.82) is 0 Å². The highest BCUT2D eigenvalue weighted by Crippen LogP contribution is 2.24. The van der Waals surface area contributed by atoms with Crippen LogP contribution in [0.15, 0.2) is 79.1 Å². The lowest BCUT2D eigenvalue weighted by molar-refractivity contribution is 0.143. The smallest absolute Gasteiger partial charge is 0.137 e. The number of hydrogen-bond acceptors (Lipinski definition) is 4. The Labute approximate surface area is 141 Å². The zero-order valence-electron chi connectivity index (χ0n) is 13.5. The number of nitrogens with zero attached hydrogens (tertiary/aromatic N) is 1. The van der Waals surface area contributed by atoms with Crippen molar-refractivity contribution in [2.24, 2.45) is 0 Å². The molecule has 0 radical (unpaired) electrons. The summed E-state index contributed by atoms with van der Waals surface area (Å²) in [6, 6.07) is 20.9. The summed E-state index contributed by atoms with van der Waals surface area (Å²) in [6.45, 7) is 2.42. The van der Waals surface area contributed by atoms with Gasteiger partial charge in [-0.15, -0.1) is 0 Å². The van der Waals surface area contributed by atoms with Gasteiger partial charge in [-0.2, -0.15) is 0 Å². The second kappa shape index (κ2) is 8.02. The van der Waals surface area contributed by atoms with Crippen molar-refractivity contribution < 1.29 is 14.2 Å². The van der Waals surface area contributed by atoms with Crippen molar-refractivity contribution in [1.82, 2.24) is 4.98 Å². The molecule has 0 aliphatic carbocycles. The summed E-state index contributed by atoms with van der Waals surface area (Å²) >= 11 is 0. The van der Waals surface area contributed by atoms with Crippen molar-refractivity contribution in [3.05, 3.63) is 79.1 Å². The number of para-hydroxylation sites is 1. The number of aromatic nitrogens is 1. The SMILES string of the molecule is CC(COc1cccnc1)Oc1ccc(Oc2ccccc2)cc1. The van der Waals surface area contributed by atoms with Crippen LogP contribution in [0.25, 0.3) is 0 Å². The Balaban J connectivity index is 1.50. The summed E-state index contributed by atoms with van der Waals surface area (Å²) in [7, 11) is 0. The minimum Gasteiger partial charge on any atom is -0.488 e. The van der Waals surface area contributed by atoms with E-state index in [2.05, 4.69) is 4.98 Å². The molecule has 0 bridgehead atoms. The molecule has 1 heterocycles. The maximum Gasteiger partial charge on any atom is 0.137 e. The number of benzene rings is 2. The van der Waals surface area contributed by atoms with Gasteiger partial charge < -0.3 is 14.2 Å². The monoisotopic (exact) mass is 321 g/mol. The fourth-order valence-corrected chi connectivity index (χ4v) is 2.12. The summed E-state index contributed by atoms with van der Waals surface area (Å²) < 4.78 is 17.2. The first-order valence-electron chi connectivity index (χ1n) is 7.82. The number of ether oxygens (including phenoxy) is 3. The van der Waals surface area contributed by atoms with Gasteiger partial charge in [0.15, 0.2) is 0 Å². The summed E-state index contributed by atoms with van der Waals surface area (Å²) in [4.78, 5) is 4.01. The Kier molecular flexibility index (Phi) is 5.30. The maximum atomic E-state index is 5.84. The van der Waals surface area contributed by atoms with Crippen LogP contribution in [0.3, 0.4) is 0 Å². The Morgan fingerprint density at radius 3 is 2.17 bits per heavy atom. The van der Waals surface area contributed by atoms with Crippen LogP contribution < -0.4 is 14.2 Å².